The number of nitrogens with zero attached hydrogens (tertiary/aromatic N) is 4. The predicted molar refractivity (Wildman–Crippen MR) is 185 cm³/mol. The summed E-state index contributed by atoms with van der Waals surface area (Å²) < 4.78 is 1.33. The summed E-state index contributed by atoms with van der Waals surface area (Å²) in [5.41, 5.74) is 6.32. The van der Waals surface area contributed by atoms with E-state index < -0.39 is 63.4 Å². The number of nitro groups is 2. The molecule has 0 bridgehead atoms. The van der Waals surface area contributed by atoms with Crippen LogP contribution in [-0.2, 0) is 22.4 Å². The number of hydrogen-bond acceptors (Lipinski definition) is 10. The Kier molecular flexibility index (Phi) is 13.5. The van der Waals surface area contributed by atoms with Crippen LogP contribution in [0.4, 0.5) is 11.4 Å². The van der Waals surface area contributed by atoms with Gasteiger partial charge >= 0.3 is 0 Å². The Hall–Kier alpha value is -4.73. The van der Waals surface area contributed by atoms with Crippen molar-refractivity contribution in [2.24, 2.45) is 17.6 Å². The number of hydrogen-bond donors (Lipinski definition) is 5. The van der Waals surface area contributed by atoms with Crippen molar-refractivity contribution in [3.05, 3.63) is 92.5 Å². The van der Waals surface area contributed by atoms with Gasteiger partial charge < -0.3 is 26.6 Å². The van der Waals surface area contributed by atoms with Gasteiger partial charge in [0.05, 0.1) is 40.4 Å². The molecule has 0 spiro atoms. The van der Waals surface area contributed by atoms with E-state index in [1.807, 2.05) is 44.2 Å². The highest BCUT2D eigenvalue weighted by Gasteiger charge is 2.34. The summed E-state index contributed by atoms with van der Waals surface area (Å²) in [6.07, 6.45) is 6.08. The zero-order valence-electron chi connectivity index (χ0n) is 28.4. The molecule has 15 heteroatoms. The number of nitrogens with one attached hydrogen (secondary N) is 2. The third kappa shape index (κ3) is 10.4. The van der Waals surface area contributed by atoms with E-state index in [1.54, 1.807) is 0 Å². The van der Waals surface area contributed by atoms with Crippen molar-refractivity contribution in [2.45, 2.75) is 102 Å². The summed E-state index contributed by atoms with van der Waals surface area (Å²) in [6, 6.07) is 9.19. The van der Waals surface area contributed by atoms with Crippen molar-refractivity contribution in [1.29, 1.82) is 0 Å². The minimum Gasteiger partial charge on any atom is -0.390 e. The van der Waals surface area contributed by atoms with Gasteiger partial charge in [-0.3, -0.25) is 34.4 Å². The summed E-state index contributed by atoms with van der Waals surface area (Å²) in [5, 5.41) is 51.1. The Balaban J connectivity index is 1.65. The molecule has 5 atom stereocenters. The number of rotatable bonds is 17. The molecular weight excluding hydrogens is 646 g/mol. The molecule has 4 rings (SSSR count). The molecule has 1 saturated carbocycles. The first-order chi connectivity index (χ1) is 23.8. The number of aromatic nitrogens is 2. The fourth-order valence-corrected chi connectivity index (χ4v) is 6.56. The second-order valence-electron chi connectivity index (χ2n) is 13.5. The SMILES string of the molecule is CC(C)C[C@H](O)[C@H](O)[C@H](CC1CCCCC1)NC(=O)[C@H](Cc1cncn1-c1ccc([N+](=O)[O-])cc1[N+](=O)[O-])NC(=O)[C@@H](N)Cc1ccccc1. The summed E-state index contributed by atoms with van der Waals surface area (Å²) in [5.74, 6) is -0.947. The van der Waals surface area contributed by atoms with E-state index in [9.17, 15) is 40.0 Å². The maximum atomic E-state index is 14.2. The van der Waals surface area contributed by atoms with E-state index in [0.717, 1.165) is 49.8 Å². The summed E-state index contributed by atoms with van der Waals surface area (Å²) in [4.78, 5) is 53.5. The maximum absolute atomic E-state index is 14.2. The average molecular weight is 694 g/mol. The van der Waals surface area contributed by atoms with Crippen LogP contribution in [0.5, 0.6) is 0 Å². The molecule has 0 aliphatic heterocycles. The number of nitro benzene ring substituents is 2. The molecule has 1 aliphatic carbocycles. The number of nitrogens with two attached hydrogens (primary N) is 1. The predicted octanol–water partition coefficient (Wildman–Crippen LogP) is 3.51. The van der Waals surface area contributed by atoms with Crippen LogP contribution in [0.2, 0.25) is 0 Å². The van der Waals surface area contributed by atoms with Gasteiger partial charge in [-0.15, -0.1) is 0 Å². The molecular formula is C35H47N7O8. The molecule has 1 heterocycles. The summed E-state index contributed by atoms with van der Waals surface area (Å²) in [7, 11) is 0. The van der Waals surface area contributed by atoms with E-state index in [1.165, 1.54) is 23.2 Å². The van der Waals surface area contributed by atoms with Crippen LogP contribution >= 0.6 is 0 Å². The molecule has 3 aromatic rings. The van der Waals surface area contributed by atoms with Gasteiger partial charge in [0.15, 0.2) is 0 Å². The van der Waals surface area contributed by atoms with Crippen molar-refractivity contribution in [3.8, 4) is 5.69 Å². The quantitative estimate of drug-likeness (QED) is 0.102. The zero-order valence-corrected chi connectivity index (χ0v) is 28.4. The lowest BCUT2D eigenvalue weighted by Gasteiger charge is -2.33. The topological polar surface area (TPSA) is 229 Å². The summed E-state index contributed by atoms with van der Waals surface area (Å²) in [6.45, 7) is 3.85. The van der Waals surface area contributed by atoms with Gasteiger partial charge in [-0.2, -0.15) is 0 Å². The Morgan fingerprint density at radius 3 is 2.32 bits per heavy atom. The molecule has 6 N–H and O–H groups in total. The second kappa shape index (κ2) is 17.8. The van der Waals surface area contributed by atoms with E-state index in [0.29, 0.717) is 12.8 Å². The van der Waals surface area contributed by atoms with E-state index in [-0.39, 0.29) is 36.1 Å². The van der Waals surface area contributed by atoms with Crippen LogP contribution in [0.15, 0.2) is 61.1 Å². The smallest absolute Gasteiger partial charge is 0.300 e. The van der Waals surface area contributed by atoms with Crippen molar-refractivity contribution in [3.63, 3.8) is 0 Å². The first-order valence-electron chi connectivity index (χ1n) is 17.0. The van der Waals surface area contributed by atoms with Crippen LogP contribution in [0.25, 0.3) is 5.69 Å². The standard InChI is InChI=1S/C35H47N7O8/c1-22(2)15-32(43)33(44)28(17-24-11-7-4-8-12-24)38-35(46)29(39-34(45)27(36)16-23-9-5-3-6-10-23)18-26-20-37-21-40(26)30-14-13-25(41(47)48)19-31(30)42(49)50/h3,5-6,9-10,13-14,19-22,24,27-29,32-33,43-44H,4,7-8,11-12,15-18,36H2,1-2H3,(H,38,46)(H,39,45)/t27-,28-,29-,32-,33+/m0/s1. The van der Waals surface area contributed by atoms with Gasteiger partial charge in [-0.25, -0.2) is 4.98 Å². The Morgan fingerprint density at radius 1 is 0.980 bits per heavy atom. The fraction of sp³-hybridized carbons (Fsp3) is 0.514. The third-order valence-corrected chi connectivity index (χ3v) is 9.18. The molecule has 0 saturated heterocycles. The number of non-ortho nitro benzene ring substituents is 1. The highest BCUT2D eigenvalue weighted by atomic mass is 16.6. The molecule has 50 heavy (non-hydrogen) atoms. The summed E-state index contributed by atoms with van der Waals surface area (Å²) >= 11 is 0. The monoisotopic (exact) mass is 693 g/mol. The molecule has 2 aromatic carbocycles. The number of aliphatic hydroxyl groups excluding tert-OH is 2. The first-order valence-corrected chi connectivity index (χ1v) is 17.0. The van der Waals surface area contributed by atoms with Crippen LogP contribution < -0.4 is 16.4 Å². The first kappa shape index (κ1) is 38.1. The fourth-order valence-electron chi connectivity index (χ4n) is 6.56. The number of amides is 2. The number of imidazole rings is 1. The van der Waals surface area contributed by atoms with Gasteiger partial charge in [0.1, 0.15) is 17.8 Å². The van der Waals surface area contributed by atoms with Gasteiger partial charge in [-0.05, 0) is 42.7 Å². The van der Waals surface area contributed by atoms with Gasteiger partial charge in [0.2, 0.25) is 11.8 Å². The lowest BCUT2D eigenvalue weighted by atomic mass is 9.82. The molecule has 1 aromatic heterocycles. The Morgan fingerprint density at radius 2 is 1.68 bits per heavy atom. The van der Waals surface area contributed by atoms with Crippen molar-refractivity contribution in [2.75, 3.05) is 0 Å². The largest absolute Gasteiger partial charge is 0.390 e. The normalized spacial score (nSPS) is 16.6. The average Bonchev–Trinajstić information content (AvgIpc) is 3.55. The minimum atomic E-state index is -1.28. The number of carbonyl (C=O) groups is 2. The van der Waals surface area contributed by atoms with Crippen LogP contribution in [0.3, 0.4) is 0 Å². The molecule has 15 nitrogen and oxygen atoms in total. The molecule has 0 radical (unpaired) electrons. The number of aliphatic hydroxyl groups is 2. The van der Waals surface area contributed by atoms with E-state index in [4.69, 9.17) is 5.73 Å². The zero-order chi connectivity index (χ0) is 36.4. The van der Waals surface area contributed by atoms with E-state index >= 15 is 0 Å². The van der Waals surface area contributed by atoms with Crippen LogP contribution in [-0.4, -0.2) is 71.8 Å². The van der Waals surface area contributed by atoms with Crippen LogP contribution in [0.1, 0.15) is 70.1 Å². The van der Waals surface area contributed by atoms with Crippen molar-refractivity contribution < 1.29 is 29.6 Å². The molecule has 270 valence electrons. The van der Waals surface area contributed by atoms with Crippen LogP contribution in [0, 0.1) is 32.1 Å². The Labute approximate surface area is 290 Å². The molecule has 1 aliphatic rings. The maximum Gasteiger partial charge on any atom is 0.300 e. The Bertz CT molecular complexity index is 1610. The molecule has 2 amide bonds. The highest BCUT2D eigenvalue weighted by molar-refractivity contribution is 5.90. The lowest BCUT2D eigenvalue weighted by molar-refractivity contribution is -0.394. The lowest BCUT2D eigenvalue weighted by Crippen LogP contribution is -2.57. The third-order valence-electron chi connectivity index (χ3n) is 9.18. The van der Waals surface area contributed by atoms with E-state index in [2.05, 4.69) is 15.6 Å². The van der Waals surface area contributed by atoms with Gasteiger partial charge in [-0.1, -0.05) is 76.3 Å². The second-order valence-corrected chi connectivity index (χ2v) is 13.5. The molecule has 0 unspecified atom stereocenters. The highest BCUT2D eigenvalue weighted by Crippen LogP contribution is 2.30. The number of carbonyl (C=O) groups excluding carboxylic acids is 2. The number of benzene rings is 2. The van der Waals surface area contributed by atoms with Crippen molar-refractivity contribution >= 4 is 23.2 Å². The van der Waals surface area contributed by atoms with Gasteiger partial charge in [0.25, 0.3) is 11.4 Å². The van der Waals surface area contributed by atoms with Crippen molar-refractivity contribution in [1.82, 2.24) is 20.2 Å². The van der Waals surface area contributed by atoms with Gasteiger partial charge in [0, 0.05) is 24.4 Å². The molecule has 1 fully saturated rings. The minimum absolute atomic E-state index is 0.0261.